The zero-order valence-electron chi connectivity index (χ0n) is 13.8. The third-order valence-corrected chi connectivity index (χ3v) is 4.68. The fourth-order valence-corrected chi connectivity index (χ4v) is 3.22. The van der Waals surface area contributed by atoms with Crippen LogP contribution in [0.5, 0.6) is 0 Å². The summed E-state index contributed by atoms with van der Waals surface area (Å²) in [7, 11) is 0. The average Bonchev–Trinajstić information content (AvgIpc) is 2.65. The highest BCUT2D eigenvalue weighted by molar-refractivity contribution is 5.97. The normalized spacial score (nSPS) is 20.5. The smallest absolute Gasteiger partial charge is 0.216 e. The van der Waals surface area contributed by atoms with Gasteiger partial charge in [0.25, 0.3) is 0 Å². The maximum atomic E-state index is 12.3. The largest absolute Gasteiger partial charge is 0.319 e. The van der Waals surface area contributed by atoms with Crippen LogP contribution in [0.15, 0.2) is 60.7 Å². The molecule has 4 nitrogen and oxygen atoms in total. The first kappa shape index (κ1) is 16.6. The molecule has 0 amide bonds. The number of carbonyl (C=O) groups excluding carboxylic acids is 2. The Labute approximate surface area is 142 Å². The van der Waals surface area contributed by atoms with Crippen LogP contribution < -0.4 is 9.80 Å². The van der Waals surface area contributed by atoms with Crippen molar-refractivity contribution in [2.75, 3.05) is 39.3 Å². The zero-order valence-corrected chi connectivity index (χ0v) is 13.8. The number of benzene rings is 2. The molecule has 0 radical (unpaired) electrons. The van der Waals surface area contributed by atoms with E-state index in [1.165, 1.54) is 9.80 Å². The number of hydrogen-bond donors (Lipinski definition) is 2. The third kappa shape index (κ3) is 4.37. The standard InChI is InChI=1S/C20H22N2O2/c23-19(17-7-3-1-4-8-17)15-21-11-13-22(14-12-21)16-20(24)18-9-5-2-6-10-18/h1-10H,11-16H2/p+2. The van der Waals surface area contributed by atoms with Crippen LogP contribution in [0.2, 0.25) is 0 Å². The van der Waals surface area contributed by atoms with Crippen LogP contribution in [-0.4, -0.2) is 50.8 Å². The second kappa shape index (κ2) is 7.99. The van der Waals surface area contributed by atoms with Crippen LogP contribution in [0.25, 0.3) is 0 Å². The maximum absolute atomic E-state index is 12.3. The minimum Gasteiger partial charge on any atom is -0.319 e. The summed E-state index contributed by atoms with van der Waals surface area (Å²) in [6.45, 7) is 4.85. The molecule has 1 saturated heterocycles. The molecule has 0 saturated carbocycles. The molecule has 0 aromatic heterocycles. The summed E-state index contributed by atoms with van der Waals surface area (Å²) >= 11 is 0. The average molecular weight is 324 g/mol. The molecule has 24 heavy (non-hydrogen) atoms. The fraction of sp³-hybridized carbons (Fsp3) is 0.300. The predicted octanol–water partition coefficient (Wildman–Crippen LogP) is -0.464. The molecule has 1 fully saturated rings. The first-order valence-electron chi connectivity index (χ1n) is 8.56. The first-order valence-corrected chi connectivity index (χ1v) is 8.56. The number of nitrogens with one attached hydrogen (secondary N) is 2. The lowest BCUT2D eigenvalue weighted by Gasteiger charge is -2.29. The van der Waals surface area contributed by atoms with Crippen LogP contribution in [-0.2, 0) is 0 Å². The SMILES string of the molecule is O=C(C[NH+]1CC[NH+](CC(=O)c2ccccc2)CC1)c1ccccc1. The van der Waals surface area contributed by atoms with Gasteiger partial charge < -0.3 is 9.80 Å². The predicted molar refractivity (Wildman–Crippen MR) is 92.7 cm³/mol. The Morgan fingerprint density at radius 3 is 1.29 bits per heavy atom. The highest BCUT2D eigenvalue weighted by atomic mass is 16.1. The van der Waals surface area contributed by atoms with Crippen LogP contribution in [0.4, 0.5) is 0 Å². The molecule has 4 heteroatoms. The minimum atomic E-state index is 0.203. The Morgan fingerprint density at radius 1 is 0.625 bits per heavy atom. The second-order valence-corrected chi connectivity index (χ2v) is 6.43. The van der Waals surface area contributed by atoms with Gasteiger partial charge >= 0.3 is 0 Å². The number of piperazine rings is 1. The summed E-state index contributed by atoms with van der Waals surface area (Å²) in [5.41, 5.74) is 1.58. The molecule has 124 valence electrons. The summed E-state index contributed by atoms with van der Waals surface area (Å²) in [4.78, 5) is 27.2. The molecule has 1 aliphatic heterocycles. The number of rotatable bonds is 6. The van der Waals surface area contributed by atoms with Gasteiger partial charge in [-0.15, -0.1) is 0 Å². The van der Waals surface area contributed by atoms with Gasteiger partial charge in [0.05, 0.1) is 0 Å². The second-order valence-electron chi connectivity index (χ2n) is 6.43. The van der Waals surface area contributed by atoms with E-state index in [1.807, 2.05) is 60.7 Å². The van der Waals surface area contributed by atoms with E-state index in [1.54, 1.807) is 0 Å². The van der Waals surface area contributed by atoms with Crippen LogP contribution >= 0.6 is 0 Å². The molecular weight excluding hydrogens is 300 g/mol. The quantitative estimate of drug-likeness (QED) is 0.706. The molecule has 2 N–H and O–H groups in total. The lowest BCUT2D eigenvalue weighted by atomic mass is 10.1. The molecule has 3 rings (SSSR count). The van der Waals surface area contributed by atoms with Gasteiger partial charge in [0, 0.05) is 11.1 Å². The van der Waals surface area contributed by atoms with Crippen molar-refractivity contribution in [2.24, 2.45) is 0 Å². The van der Waals surface area contributed by atoms with E-state index in [2.05, 4.69) is 0 Å². The number of hydrogen-bond acceptors (Lipinski definition) is 2. The molecule has 1 aliphatic rings. The van der Waals surface area contributed by atoms with Crippen molar-refractivity contribution in [3.63, 3.8) is 0 Å². The van der Waals surface area contributed by atoms with Gasteiger partial charge in [-0.05, 0) is 0 Å². The third-order valence-electron chi connectivity index (χ3n) is 4.68. The van der Waals surface area contributed by atoms with E-state index < -0.39 is 0 Å². The summed E-state index contributed by atoms with van der Waals surface area (Å²) in [5, 5.41) is 0. The molecule has 2 aromatic carbocycles. The van der Waals surface area contributed by atoms with Crippen molar-refractivity contribution in [3.05, 3.63) is 71.8 Å². The highest BCUT2D eigenvalue weighted by Gasteiger charge is 2.26. The van der Waals surface area contributed by atoms with Gasteiger partial charge in [0.15, 0.2) is 0 Å². The van der Waals surface area contributed by atoms with Gasteiger partial charge in [-0.3, -0.25) is 9.59 Å². The van der Waals surface area contributed by atoms with Crippen LogP contribution in [0.3, 0.4) is 0 Å². The Morgan fingerprint density at radius 2 is 0.958 bits per heavy atom. The van der Waals surface area contributed by atoms with Crippen LogP contribution in [0, 0.1) is 0 Å². The number of carbonyl (C=O) groups is 2. The van der Waals surface area contributed by atoms with Crippen molar-refractivity contribution >= 4 is 11.6 Å². The highest BCUT2D eigenvalue weighted by Crippen LogP contribution is 1.99. The van der Waals surface area contributed by atoms with E-state index in [0.717, 1.165) is 37.3 Å². The lowest BCUT2D eigenvalue weighted by Crippen LogP contribution is -3.28. The van der Waals surface area contributed by atoms with E-state index in [9.17, 15) is 9.59 Å². The summed E-state index contributed by atoms with van der Waals surface area (Å²) < 4.78 is 0. The van der Waals surface area contributed by atoms with Crippen molar-refractivity contribution < 1.29 is 19.4 Å². The molecule has 0 bridgehead atoms. The lowest BCUT2D eigenvalue weighted by molar-refractivity contribution is -1.00. The first-order chi connectivity index (χ1) is 11.7. The maximum Gasteiger partial charge on any atom is 0.216 e. The van der Waals surface area contributed by atoms with E-state index in [4.69, 9.17) is 0 Å². The topological polar surface area (TPSA) is 43.0 Å². The van der Waals surface area contributed by atoms with E-state index in [0.29, 0.717) is 13.1 Å². The Bertz CT molecular complexity index is 616. The summed E-state index contributed by atoms with van der Waals surface area (Å²) in [5.74, 6) is 0.406. The Balaban J connectivity index is 1.46. The van der Waals surface area contributed by atoms with E-state index in [-0.39, 0.29) is 11.6 Å². The van der Waals surface area contributed by atoms with Gasteiger partial charge in [0.1, 0.15) is 39.3 Å². The molecule has 0 unspecified atom stereocenters. The number of ketones is 2. The van der Waals surface area contributed by atoms with E-state index >= 15 is 0 Å². The van der Waals surface area contributed by atoms with Crippen molar-refractivity contribution in [1.29, 1.82) is 0 Å². The molecule has 2 aromatic rings. The number of Topliss-reactive ketones (excluding diaryl/α,β-unsaturated/α-hetero) is 2. The monoisotopic (exact) mass is 324 g/mol. The molecule has 0 atom stereocenters. The van der Waals surface area contributed by atoms with Crippen molar-refractivity contribution in [1.82, 2.24) is 0 Å². The Hall–Kier alpha value is -2.30. The van der Waals surface area contributed by atoms with Crippen molar-refractivity contribution in [2.45, 2.75) is 0 Å². The van der Waals surface area contributed by atoms with Crippen molar-refractivity contribution in [3.8, 4) is 0 Å². The molecule has 1 heterocycles. The molecule has 0 aliphatic carbocycles. The van der Waals surface area contributed by atoms with Gasteiger partial charge in [-0.25, -0.2) is 0 Å². The van der Waals surface area contributed by atoms with Crippen LogP contribution in [0.1, 0.15) is 20.7 Å². The van der Waals surface area contributed by atoms with Gasteiger partial charge in [-0.1, -0.05) is 60.7 Å². The molecular formula is C20H24N2O2+2. The minimum absolute atomic E-state index is 0.203. The summed E-state index contributed by atoms with van der Waals surface area (Å²) in [6, 6.07) is 19.0. The molecule has 0 spiro atoms. The van der Waals surface area contributed by atoms with Gasteiger partial charge in [-0.2, -0.15) is 0 Å². The Kier molecular flexibility index (Phi) is 5.51. The van der Waals surface area contributed by atoms with Gasteiger partial charge in [0.2, 0.25) is 11.6 Å². The fourth-order valence-electron chi connectivity index (χ4n) is 3.22. The zero-order chi connectivity index (χ0) is 16.8. The summed E-state index contributed by atoms with van der Waals surface area (Å²) in [6.07, 6.45) is 0. The number of quaternary nitrogens is 2.